The molecule has 0 saturated heterocycles. The summed E-state index contributed by atoms with van der Waals surface area (Å²) in [6, 6.07) is 4.50. The highest BCUT2D eigenvalue weighted by atomic mass is 79.9. The number of nitrogens with zero attached hydrogens (tertiary/aromatic N) is 3. The van der Waals surface area contributed by atoms with Gasteiger partial charge in [0.25, 0.3) is 0 Å². The summed E-state index contributed by atoms with van der Waals surface area (Å²) in [7, 11) is 0. The zero-order valence-electron chi connectivity index (χ0n) is 11.2. The first-order valence-electron chi connectivity index (χ1n) is 6.42. The lowest BCUT2D eigenvalue weighted by Gasteiger charge is -2.17. The van der Waals surface area contributed by atoms with Gasteiger partial charge in [-0.3, -0.25) is 16.0 Å². The maximum Gasteiger partial charge on any atom is 0.138 e. The van der Waals surface area contributed by atoms with E-state index in [1.807, 2.05) is 10.7 Å². The van der Waals surface area contributed by atoms with E-state index in [1.165, 1.54) is 18.5 Å². The Morgan fingerprint density at radius 2 is 2.25 bits per heavy atom. The molecule has 2 rings (SSSR count). The summed E-state index contributed by atoms with van der Waals surface area (Å²) in [5.74, 6) is 6.13. The van der Waals surface area contributed by atoms with Crippen LogP contribution in [0.4, 0.5) is 4.39 Å². The number of aromatic nitrogens is 3. The van der Waals surface area contributed by atoms with Gasteiger partial charge in [0.15, 0.2) is 0 Å². The Kier molecular flexibility index (Phi) is 5.22. The molecule has 0 aliphatic carbocycles. The molecule has 1 atom stereocenters. The SMILES string of the molecule is CCCn1ncnc1CC(NN)c1cc(F)cc(Br)c1. The molecule has 0 bridgehead atoms. The van der Waals surface area contributed by atoms with Gasteiger partial charge in [-0.2, -0.15) is 5.10 Å². The first-order chi connectivity index (χ1) is 9.63. The Bertz CT molecular complexity index is 551. The number of aryl methyl sites for hydroxylation is 1. The number of halogens is 2. The summed E-state index contributed by atoms with van der Waals surface area (Å²) in [6.45, 7) is 2.88. The van der Waals surface area contributed by atoms with E-state index in [4.69, 9.17) is 5.84 Å². The zero-order valence-corrected chi connectivity index (χ0v) is 12.8. The minimum absolute atomic E-state index is 0.221. The number of hydrogen-bond donors (Lipinski definition) is 2. The molecule has 0 radical (unpaired) electrons. The normalized spacial score (nSPS) is 12.6. The first kappa shape index (κ1) is 15.1. The molecule has 0 spiro atoms. The number of benzene rings is 1. The molecule has 0 saturated carbocycles. The van der Waals surface area contributed by atoms with Crippen LogP contribution in [-0.4, -0.2) is 14.8 Å². The van der Waals surface area contributed by atoms with Gasteiger partial charge in [-0.25, -0.2) is 9.37 Å². The number of hydrazine groups is 1. The maximum atomic E-state index is 13.5. The van der Waals surface area contributed by atoms with Gasteiger partial charge >= 0.3 is 0 Å². The lowest BCUT2D eigenvalue weighted by atomic mass is 10.0. The van der Waals surface area contributed by atoms with Crippen LogP contribution < -0.4 is 11.3 Å². The van der Waals surface area contributed by atoms with Crippen molar-refractivity contribution in [2.75, 3.05) is 0 Å². The average molecular weight is 342 g/mol. The number of rotatable bonds is 6. The molecular formula is C13H17BrFN5. The largest absolute Gasteiger partial charge is 0.271 e. The van der Waals surface area contributed by atoms with Crippen molar-refractivity contribution in [1.29, 1.82) is 0 Å². The van der Waals surface area contributed by atoms with Crippen molar-refractivity contribution in [1.82, 2.24) is 20.2 Å². The Hall–Kier alpha value is -1.31. The van der Waals surface area contributed by atoms with Crippen molar-refractivity contribution in [2.45, 2.75) is 32.4 Å². The van der Waals surface area contributed by atoms with E-state index in [-0.39, 0.29) is 11.9 Å². The third-order valence-corrected chi connectivity index (χ3v) is 3.46. The van der Waals surface area contributed by atoms with Crippen LogP contribution in [0.5, 0.6) is 0 Å². The lowest BCUT2D eigenvalue weighted by molar-refractivity contribution is 0.496. The highest BCUT2D eigenvalue weighted by Gasteiger charge is 2.16. The van der Waals surface area contributed by atoms with Gasteiger partial charge in [0.05, 0.1) is 6.04 Å². The van der Waals surface area contributed by atoms with Crippen LogP contribution >= 0.6 is 15.9 Å². The fourth-order valence-electron chi connectivity index (χ4n) is 2.08. The van der Waals surface area contributed by atoms with Crippen LogP contribution in [0.15, 0.2) is 29.0 Å². The predicted octanol–water partition coefficient (Wildman–Crippen LogP) is 2.34. The van der Waals surface area contributed by atoms with Crippen molar-refractivity contribution in [2.24, 2.45) is 5.84 Å². The molecule has 0 amide bonds. The summed E-state index contributed by atoms with van der Waals surface area (Å²) in [6.07, 6.45) is 3.05. The van der Waals surface area contributed by atoms with Crippen LogP contribution in [-0.2, 0) is 13.0 Å². The fraction of sp³-hybridized carbons (Fsp3) is 0.385. The van der Waals surface area contributed by atoms with Crippen LogP contribution in [0.1, 0.15) is 30.8 Å². The molecule has 0 aliphatic heterocycles. The molecule has 0 aliphatic rings. The molecule has 2 aromatic rings. The van der Waals surface area contributed by atoms with E-state index in [0.29, 0.717) is 10.9 Å². The molecule has 1 aromatic heterocycles. The average Bonchev–Trinajstić information content (AvgIpc) is 2.82. The predicted molar refractivity (Wildman–Crippen MR) is 78.2 cm³/mol. The third kappa shape index (κ3) is 3.62. The summed E-state index contributed by atoms with van der Waals surface area (Å²) in [5, 5.41) is 4.18. The van der Waals surface area contributed by atoms with E-state index < -0.39 is 0 Å². The van der Waals surface area contributed by atoms with Crippen LogP contribution in [0.3, 0.4) is 0 Å². The van der Waals surface area contributed by atoms with Gasteiger partial charge in [0.1, 0.15) is 18.0 Å². The monoisotopic (exact) mass is 341 g/mol. The fourth-order valence-corrected chi connectivity index (χ4v) is 2.56. The summed E-state index contributed by atoms with van der Waals surface area (Å²) in [4.78, 5) is 4.24. The Morgan fingerprint density at radius 3 is 2.90 bits per heavy atom. The molecule has 1 aromatic carbocycles. The number of nitrogens with two attached hydrogens (primary N) is 1. The van der Waals surface area contributed by atoms with Gasteiger partial charge in [0, 0.05) is 17.4 Å². The molecule has 3 N–H and O–H groups in total. The molecular weight excluding hydrogens is 325 g/mol. The van der Waals surface area contributed by atoms with Crippen LogP contribution in [0, 0.1) is 5.82 Å². The second-order valence-electron chi connectivity index (χ2n) is 4.53. The Morgan fingerprint density at radius 1 is 1.45 bits per heavy atom. The summed E-state index contributed by atoms with van der Waals surface area (Å²) in [5.41, 5.74) is 3.48. The highest BCUT2D eigenvalue weighted by molar-refractivity contribution is 9.10. The van der Waals surface area contributed by atoms with Gasteiger partial charge in [-0.15, -0.1) is 0 Å². The van der Waals surface area contributed by atoms with Crippen molar-refractivity contribution < 1.29 is 4.39 Å². The van der Waals surface area contributed by atoms with Gasteiger partial charge in [0.2, 0.25) is 0 Å². The minimum atomic E-state index is -0.301. The highest BCUT2D eigenvalue weighted by Crippen LogP contribution is 2.22. The maximum absolute atomic E-state index is 13.5. The van der Waals surface area contributed by atoms with Crippen molar-refractivity contribution >= 4 is 15.9 Å². The van der Waals surface area contributed by atoms with Crippen LogP contribution in [0.25, 0.3) is 0 Å². The summed E-state index contributed by atoms with van der Waals surface area (Å²) >= 11 is 3.29. The molecule has 1 unspecified atom stereocenters. The van der Waals surface area contributed by atoms with E-state index in [9.17, 15) is 4.39 Å². The van der Waals surface area contributed by atoms with Gasteiger partial charge in [-0.1, -0.05) is 22.9 Å². The van der Waals surface area contributed by atoms with E-state index in [0.717, 1.165) is 24.4 Å². The third-order valence-electron chi connectivity index (χ3n) is 3.01. The van der Waals surface area contributed by atoms with Gasteiger partial charge in [-0.05, 0) is 30.2 Å². The Labute approximate surface area is 125 Å². The van der Waals surface area contributed by atoms with Crippen molar-refractivity contribution in [3.8, 4) is 0 Å². The van der Waals surface area contributed by atoms with Crippen molar-refractivity contribution in [3.63, 3.8) is 0 Å². The minimum Gasteiger partial charge on any atom is -0.271 e. The molecule has 7 heteroatoms. The summed E-state index contributed by atoms with van der Waals surface area (Å²) < 4.78 is 16.0. The second-order valence-corrected chi connectivity index (χ2v) is 5.44. The topological polar surface area (TPSA) is 68.8 Å². The number of nitrogens with one attached hydrogen (secondary N) is 1. The molecule has 20 heavy (non-hydrogen) atoms. The quantitative estimate of drug-likeness (QED) is 0.625. The second kappa shape index (κ2) is 6.92. The zero-order chi connectivity index (χ0) is 14.5. The molecule has 108 valence electrons. The molecule has 5 nitrogen and oxygen atoms in total. The first-order valence-corrected chi connectivity index (χ1v) is 7.22. The standard InChI is InChI=1S/C13H17BrFN5/c1-2-3-20-13(17-8-18-20)7-12(19-16)9-4-10(14)6-11(15)5-9/h4-6,8,12,19H,2-3,7,16H2,1H3. The van der Waals surface area contributed by atoms with Crippen molar-refractivity contribution in [3.05, 3.63) is 46.2 Å². The van der Waals surface area contributed by atoms with Gasteiger partial charge < -0.3 is 0 Å². The molecule has 1 heterocycles. The Balaban J connectivity index is 2.22. The van der Waals surface area contributed by atoms with E-state index in [1.54, 1.807) is 0 Å². The van der Waals surface area contributed by atoms with E-state index >= 15 is 0 Å². The lowest BCUT2D eigenvalue weighted by Crippen LogP contribution is -2.30. The van der Waals surface area contributed by atoms with E-state index in [2.05, 4.69) is 38.4 Å². The molecule has 0 fully saturated rings. The smallest absolute Gasteiger partial charge is 0.138 e. The number of hydrogen-bond acceptors (Lipinski definition) is 4. The van der Waals surface area contributed by atoms with Crippen LogP contribution in [0.2, 0.25) is 0 Å².